The first kappa shape index (κ1) is 15.6. The van der Waals surface area contributed by atoms with Crippen LogP contribution < -0.4 is 14.8 Å². The van der Waals surface area contributed by atoms with E-state index >= 15 is 0 Å². The molecule has 0 spiro atoms. The van der Waals surface area contributed by atoms with Crippen LogP contribution in [0.1, 0.15) is 10.5 Å². The predicted octanol–water partition coefficient (Wildman–Crippen LogP) is 3.35. The smallest absolute Gasteiger partial charge is 0.273 e. The fraction of sp³-hybridized carbons (Fsp3) is 0.111. The van der Waals surface area contributed by atoms with Gasteiger partial charge >= 0.3 is 0 Å². The van der Waals surface area contributed by atoms with E-state index in [0.29, 0.717) is 22.8 Å². The summed E-state index contributed by atoms with van der Waals surface area (Å²) in [4.78, 5) is 12.4. The Kier molecular flexibility index (Phi) is 4.47. The van der Waals surface area contributed by atoms with Crippen molar-refractivity contribution in [2.75, 3.05) is 19.5 Å². The summed E-state index contributed by atoms with van der Waals surface area (Å²) in [7, 11) is 3.17. The third kappa shape index (κ3) is 3.22. The standard InChI is InChI=1S/C18H17N3O3/c1-23-13-9-7-12(8-10-13)15-11-16(21-20-15)18(22)19-14-5-3-4-6-17(14)24-2/h3-11H,1-2H3,(H,19,22)(H,20,21). The Balaban J connectivity index is 1.78. The molecule has 0 unspecified atom stereocenters. The molecule has 3 aromatic rings. The minimum atomic E-state index is -0.285. The summed E-state index contributed by atoms with van der Waals surface area (Å²) in [5.74, 6) is 1.08. The van der Waals surface area contributed by atoms with Crippen LogP contribution in [0.15, 0.2) is 54.6 Å². The molecule has 1 amide bonds. The van der Waals surface area contributed by atoms with E-state index in [1.54, 1.807) is 32.4 Å². The van der Waals surface area contributed by atoms with E-state index in [4.69, 9.17) is 9.47 Å². The highest BCUT2D eigenvalue weighted by Gasteiger charge is 2.13. The van der Waals surface area contributed by atoms with Crippen molar-refractivity contribution in [3.63, 3.8) is 0 Å². The first-order chi connectivity index (χ1) is 11.7. The van der Waals surface area contributed by atoms with Gasteiger partial charge in [-0.15, -0.1) is 0 Å². The Morgan fingerprint density at radius 3 is 2.50 bits per heavy atom. The Bertz CT molecular complexity index is 841. The summed E-state index contributed by atoms with van der Waals surface area (Å²) >= 11 is 0. The zero-order valence-electron chi connectivity index (χ0n) is 13.4. The molecular formula is C18H17N3O3. The molecule has 122 valence electrons. The van der Waals surface area contributed by atoms with Crippen LogP contribution in [0.5, 0.6) is 11.5 Å². The van der Waals surface area contributed by atoms with Crippen molar-refractivity contribution in [2.24, 2.45) is 0 Å². The summed E-state index contributed by atoms with van der Waals surface area (Å²) < 4.78 is 10.4. The molecule has 0 fully saturated rings. The number of hydrogen-bond donors (Lipinski definition) is 2. The second-order valence-electron chi connectivity index (χ2n) is 5.05. The Morgan fingerprint density at radius 2 is 1.79 bits per heavy atom. The van der Waals surface area contributed by atoms with E-state index in [1.165, 1.54) is 0 Å². The highest BCUT2D eigenvalue weighted by Crippen LogP contribution is 2.25. The third-order valence-electron chi connectivity index (χ3n) is 3.56. The van der Waals surface area contributed by atoms with Crippen LogP contribution in [0.4, 0.5) is 5.69 Å². The molecule has 0 radical (unpaired) electrons. The van der Waals surface area contributed by atoms with Gasteiger partial charge in [0.1, 0.15) is 17.2 Å². The van der Waals surface area contributed by atoms with Crippen LogP contribution in [-0.4, -0.2) is 30.3 Å². The molecule has 0 aliphatic heterocycles. The number of aromatic nitrogens is 2. The highest BCUT2D eigenvalue weighted by molar-refractivity contribution is 6.04. The topological polar surface area (TPSA) is 76.2 Å². The van der Waals surface area contributed by atoms with Crippen LogP contribution in [0.3, 0.4) is 0 Å². The number of hydrogen-bond acceptors (Lipinski definition) is 4. The van der Waals surface area contributed by atoms with E-state index < -0.39 is 0 Å². The maximum absolute atomic E-state index is 12.4. The molecule has 0 aliphatic carbocycles. The SMILES string of the molecule is COc1ccc(-c2cc(C(=O)Nc3ccccc3OC)[nH]n2)cc1. The number of amides is 1. The van der Waals surface area contributed by atoms with Gasteiger partial charge in [-0.05, 0) is 42.5 Å². The average Bonchev–Trinajstić information content (AvgIpc) is 3.12. The quantitative estimate of drug-likeness (QED) is 0.755. The number of carbonyl (C=O) groups excluding carboxylic acids is 1. The average molecular weight is 323 g/mol. The Labute approximate surface area is 139 Å². The van der Waals surface area contributed by atoms with Gasteiger partial charge in [0.05, 0.1) is 25.6 Å². The van der Waals surface area contributed by atoms with E-state index in [1.807, 2.05) is 36.4 Å². The number of ether oxygens (including phenoxy) is 2. The third-order valence-corrected chi connectivity index (χ3v) is 3.56. The number of aromatic amines is 1. The Morgan fingerprint density at radius 1 is 1.04 bits per heavy atom. The van der Waals surface area contributed by atoms with Crippen LogP contribution in [0.2, 0.25) is 0 Å². The molecule has 2 N–H and O–H groups in total. The van der Waals surface area contributed by atoms with Crippen molar-refractivity contribution in [1.29, 1.82) is 0 Å². The number of para-hydroxylation sites is 2. The molecular weight excluding hydrogens is 306 g/mol. The lowest BCUT2D eigenvalue weighted by atomic mass is 10.1. The fourth-order valence-electron chi connectivity index (χ4n) is 2.29. The van der Waals surface area contributed by atoms with Gasteiger partial charge in [-0.25, -0.2) is 0 Å². The summed E-state index contributed by atoms with van der Waals surface area (Å²) in [5.41, 5.74) is 2.54. The molecule has 6 heteroatoms. The minimum absolute atomic E-state index is 0.285. The number of nitrogens with zero attached hydrogens (tertiary/aromatic N) is 1. The van der Waals surface area contributed by atoms with Crippen molar-refractivity contribution in [3.05, 3.63) is 60.3 Å². The monoisotopic (exact) mass is 323 g/mol. The molecule has 0 saturated carbocycles. The minimum Gasteiger partial charge on any atom is -0.497 e. The summed E-state index contributed by atoms with van der Waals surface area (Å²) in [6.45, 7) is 0. The molecule has 24 heavy (non-hydrogen) atoms. The molecule has 0 aliphatic rings. The van der Waals surface area contributed by atoms with Gasteiger partial charge in [-0.1, -0.05) is 12.1 Å². The molecule has 3 rings (SSSR count). The van der Waals surface area contributed by atoms with Gasteiger partial charge in [0.25, 0.3) is 5.91 Å². The normalized spacial score (nSPS) is 10.2. The number of nitrogens with one attached hydrogen (secondary N) is 2. The molecule has 0 saturated heterocycles. The Hall–Kier alpha value is -3.28. The predicted molar refractivity (Wildman–Crippen MR) is 91.5 cm³/mol. The van der Waals surface area contributed by atoms with Crippen molar-refractivity contribution in [1.82, 2.24) is 10.2 Å². The zero-order chi connectivity index (χ0) is 16.9. The number of benzene rings is 2. The van der Waals surface area contributed by atoms with Crippen LogP contribution in [-0.2, 0) is 0 Å². The summed E-state index contributed by atoms with van der Waals surface area (Å²) in [6, 6.07) is 16.4. The maximum Gasteiger partial charge on any atom is 0.273 e. The van der Waals surface area contributed by atoms with Gasteiger partial charge in [0.15, 0.2) is 0 Å². The molecule has 2 aromatic carbocycles. The summed E-state index contributed by atoms with van der Waals surface area (Å²) in [5, 5.41) is 9.75. The largest absolute Gasteiger partial charge is 0.497 e. The lowest BCUT2D eigenvalue weighted by Gasteiger charge is -2.08. The van der Waals surface area contributed by atoms with E-state index in [2.05, 4.69) is 15.5 Å². The molecule has 6 nitrogen and oxygen atoms in total. The van der Waals surface area contributed by atoms with E-state index in [0.717, 1.165) is 11.3 Å². The van der Waals surface area contributed by atoms with Gasteiger partial charge < -0.3 is 14.8 Å². The van der Waals surface area contributed by atoms with Crippen LogP contribution in [0, 0.1) is 0 Å². The number of H-pyrrole nitrogens is 1. The van der Waals surface area contributed by atoms with Crippen LogP contribution in [0.25, 0.3) is 11.3 Å². The lowest BCUT2D eigenvalue weighted by molar-refractivity contribution is 0.102. The van der Waals surface area contributed by atoms with E-state index in [9.17, 15) is 4.79 Å². The number of anilines is 1. The van der Waals surface area contributed by atoms with Crippen molar-refractivity contribution >= 4 is 11.6 Å². The lowest BCUT2D eigenvalue weighted by Crippen LogP contribution is -2.13. The van der Waals surface area contributed by atoms with Gasteiger partial charge in [-0.2, -0.15) is 5.10 Å². The number of carbonyl (C=O) groups is 1. The van der Waals surface area contributed by atoms with Crippen molar-refractivity contribution in [3.8, 4) is 22.8 Å². The van der Waals surface area contributed by atoms with E-state index in [-0.39, 0.29) is 5.91 Å². The fourth-order valence-corrected chi connectivity index (χ4v) is 2.29. The second kappa shape index (κ2) is 6.87. The first-order valence-corrected chi connectivity index (χ1v) is 7.35. The van der Waals surface area contributed by atoms with Crippen LogP contribution >= 0.6 is 0 Å². The first-order valence-electron chi connectivity index (χ1n) is 7.35. The molecule has 1 aromatic heterocycles. The molecule has 1 heterocycles. The van der Waals surface area contributed by atoms with Gasteiger partial charge in [-0.3, -0.25) is 9.89 Å². The van der Waals surface area contributed by atoms with Crippen molar-refractivity contribution < 1.29 is 14.3 Å². The van der Waals surface area contributed by atoms with Gasteiger partial charge in [0.2, 0.25) is 0 Å². The molecule has 0 atom stereocenters. The van der Waals surface area contributed by atoms with Gasteiger partial charge in [0, 0.05) is 5.56 Å². The summed E-state index contributed by atoms with van der Waals surface area (Å²) in [6.07, 6.45) is 0. The maximum atomic E-state index is 12.4. The number of rotatable bonds is 5. The molecule has 0 bridgehead atoms. The number of methoxy groups -OCH3 is 2. The van der Waals surface area contributed by atoms with Crippen molar-refractivity contribution in [2.45, 2.75) is 0 Å². The highest BCUT2D eigenvalue weighted by atomic mass is 16.5. The zero-order valence-corrected chi connectivity index (χ0v) is 13.4. The second-order valence-corrected chi connectivity index (χ2v) is 5.05.